The highest BCUT2D eigenvalue weighted by Crippen LogP contribution is 2.26. The van der Waals surface area contributed by atoms with Crippen LogP contribution in [-0.2, 0) is 4.79 Å². The van der Waals surface area contributed by atoms with Gasteiger partial charge in [-0.1, -0.05) is 26.0 Å². The van der Waals surface area contributed by atoms with Crippen molar-refractivity contribution in [1.29, 1.82) is 0 Å². The number of nitrogens with one attached hydrogen (secondary N) is 1. The second-order valence-electron chi connectivity index (χ2n) is 6.12. The Balaban J connectivity index is 2.03. The molecule has 0 atom stereocenters. The molecule has 0 aliphatic carbocycles. The summed E-state index contributed by atoms with van der Waals surface area (Å²) in [5.41, 5.74) is 2.77. The Labute approximate surface area is 148 Å². The van der Waals surface area contributed by atoms with Crippen LogP contribution in [0.5, 0.6) is 17.2 Å². The van der Waals surface area contributed by atoms with E-state index in [0.717, 1.165) is 11.3 Å². The van der Waals surface area contributed by atoms with E-state index >= 15 is 0 Å². The fourth-order valence-electron chi connectivity index (χ4n) is 2.35. The first-order chi connectivity index (χ1) is 11.9. The molecule has 5 nitrogen and oxygen atoms in total. The summed E-state index contributed by atoms with van der Waals surface area (Å²) in [7, 11) is 3.13. The third-order valence-corrected chi connectivity index (χ3v) is 3.87. The molecule has 25 heavy (non-hydrogen) atoms. The van der Waals surface area contributed by atoms with Gasteiger partial charge in [-0.25, -0.2) is 0 Å². The van der Waals surface area contributed by atoms with E-state index in [2.05, 4.69) is 25.2 Å². The van der Waals surface area contributed by atoms with E-state index in [-0.39, 0.29) is 12.5 Å². The van der Waals surface area contributed by atoms with Gasteiger partial charge in [-0.15, -0.1) is 0 Å². The molecule has 0 aliphatic heterocycles. The maximum Gasteiger partial charge on any atom is 0.262 e. The van der Waals surface area contributed by atoms with Crippen LogP contribution in [0.25, 0.3) is 0 Å². The highest BCUT2D eigenvalue weighted by atomic mass is 16.5. The number of amides is 1. The topological polar surface area (TPSA) is 56.8 Å². The minimum absolute atomic E-state index is 0.0675. The predicted molar refractivity (Wildman–Crippen MR) is 98.9 cm³/mol. The second kappa shape index (κ2) is 8.42. The number of carbonyl (C=O) groups is 1. The molecule has 0 saturated carbocycles. The van der Waals surface area contributed by atoms with Crippen LogP contribution in [-0.4, -0.2) is 26.7 Å². The molecule has 0 bridgehead atoms. The standard InChI is InChI=1S/C20H25NO4/c1-13(2)15-7-6-14(3)19(8-15)25-12-20(22)21-16-9-17(23-4)11-18(10-16)24-5/h6-11,13H,12H2,1-5H3,(H,21,22). The molecular weight excluding hydrogens is 318 g/mol. The number of carbonyl (C=O) groups excluding carboxylic acids is 1. The van der Waals surface area contributed by atoms with Crippen molar-refractivity contribution in [3.05, 3.63) is 47.5 Å². The number of rotatable bonds is 7. The molecule has 1 amide bonds. The number of aryl methyl sites for hydroxylation is 1. The third-order valence-electron chi connectivity index (χ3n) is 3.87. The van der Waals surface area contributed by atoms with Crippen molar-refractivity contribution < 1.29 is 19.0 Å². The minimum Gasteiger partial charge on any atom is -0.497 e. The molecule has 2 aromatic rings. The van der Waals surface area contributed by atoms with Crippen molar-refractivity contribution in [2.24, 2.45) is 0 Å². The van der Waals surface area contributed by atoms with Crippen LogP contribution < -0.4 is 19.5 Å². The van der Waals surface area contributed by atoms with Crippen LogP contribution in [0.2, 0.25) is 0 Å². The van der Waals surface area contributed by atoms with E-state index in [1.165, 1.54) is 5.56 Å². The number of methoxy groups -OCH3 is 2. The van der Waals surface area contributed by atoms with Crippen LogP contribution in [0.4, 0.5) is 5.69 Å². The maximum absolute atomic E-state index is 12.2. The molecule has 1 N–H and O–H groups in total. The largest absolute Gasteiger partial charge is 0.497 e. The average Bonchev–Trinajstić information content (AvgIpc) is 2.60. The van der Waals surface area contributed by atoms with E-state index in [9.17, 15) is 4.79 Å². The molecule has 134 valence electrons. The fraction of sp³-hybridized carbons (Fsp3) is 0.350. The minimum atomic E-state index is -0.246. The lowest BCUT2D eigenvalue weighted by Gasteiger charge is -2.13. The van der Waals surface area contributed by atoms with Crippen molar-refractivity contribution in [3.63, 3.8) is 0 Å². The maximum atomic E-state index is 12.2. The normalized spacial score (nSPS) is 10.5. The van der Waals surface area contributed by atoms with Gasteiger partial charge in [-0.2, -0.15) is 0 Å². The summed E-state index contributed by atoms with van der Waals surface area (Å²) in [6, 6.07) is 11.3. The van der Waals surface area contributed by atoms with E-state index in [1.54, 1.807) is 32.4 Å². The third kappa shape index (κ3) is 5.14. The Hall–Kier alpha value is -2.69. The first kappa shape index (κ1) is 18.6. The Bertz CT molecular complexity index is 718. The zero-order valence-electron chi connectivity index (χ0n) is 15.4. The zero-order valence-corrected chi connectivity index (χ0v) is 15.4. The number of ether oxygens (including phenoxy) is 3. The summed E-state index contributed by atoms with van der Waals surface area (Å²) in [5, 5.41) is 2.79. The van der Waals surface area contributed by atoms with Gasteiger partial charge in [-0.3, -0.25) is 4.79 Å². The van der Waals surface area contributed by atoms with Crippen LogP contribution >= 0.6 is 0 Å². The van der Waals surface area contributed by atoms with E-state index in [0.29, 0.717) is 23.1 Å². The lowest BCUT2D eigenvalue weighted by molar-refractivity contribution is -0.118. The first-order valence-corrected chi connectivity index (χ1v) is 8.19. The van der Waals surface area contributed by atoms with Gasteiger partial charge in [0, 0.05) is 23.9 Å². The monoisotopic (exact) mass is 343 g/mol. The Morgan fingerprint density at radius 1 is 1.04 bits per heavy atom. The molecule has 0 unspecified atom stereocenters. The summed E-state index contributed by atoms with van der Waals surface area (Å²) < 4.78 is 16.1. The van der Waals surface area contributed by atoms with Crippen LogP contribution in [0, 0.1) is 6.92 Å². The summed E-state index contributed by atoms with van der Waals surface area (Å²) >= 11 is 0. The van der Waals surface area contributed by atoms with Crippen LogP contribution in [0.15, 0.2) is 36.4 Å². The van der Waals surface area contributed by atoms with E-state index in [1.807, 2.05) is 19.1 Å². The molecular formula is C20H25NO4. The highest BCUT2D eigenvalue weighted by Gasteiger charge is 2.09. The predicted octanol–water partition coefficient (Wildman–Crippen LogP) is 4.15. The van der Waals surface area contributed by atoms with Gasteiger partial charge in [-0.05, 0) is 30.0 Å². The van der Waals surface area contributed by atoms with Gasteiger partial charge in [0.15, 0.2) is 6.61 Å². The number of benzene rings is 2. The highest BCUT2D eigenvalue weighted by molar-refractivity contribution is 5.92. The van der Waals surface area contributed by atoms with Crippen molar-refractivity contribution in [2.45, 2.75) is 26.7 Å². The number of hydrogen-bond donors (Lipinski definition) is 1. The lowest BCUT2D eigenvalue weighted by atomic mass is 10.0. The van der Waals surface area contributed by atoms with Gasteiger partial charge in [0.1, 0.15) is 17.2 Å². The molecule has 0 radical (unpaired) electrons. The van der Waals surface area contributed by atoms with Crippen molar-refractivity contribution in [1.82, 2.24) is 0 Å². The van der Waals surface area contributed by atoms with Crippen molar-refractivity contribution in [3.8, 4) is 17.2 Å². The van der Waals surface area contributed by atoms with Crippen LogP contribution in [0.3, 0.4) is 0 Å². The second-order valence-corrected chi connectivity index (χ2v) is 6.12. The first-order valence-electron chi connectivity index (χ1n) is 8.19. The Morgan fingerprint density at radius 2 is 1.68 bits per heavy atom. The smallest absolute Gasteiger partial charge is 0.262 e. The molecule has 2 aromatic carbocycles. The summed E-state index contributed by atoms with van der Waals surface area (Å²) in [4.78, 5) is 12.2. The molecule has 0 spiro atoms. The molecule has 2 rings (SSSR count). The van der Waals surface area contributed by atoms with Gasteiger partial charge in [0.2, 0.25) is 0 Å². The quantitative estimate of drug-likeness (QED) is 0.820. The van der Waals surface area contributed by atoms with Gasteiger partial charge < -0.3 is 19.5 Å². The fourth-order valence-corrected chi connectivity index (χ4v) is 2.35. The number of hydrogen-bond acceptors (Lipinski definition) is 4. The van der Waals surface area contributed by atoms with E-state index < -0.39 is 0 Å². The molecule has 5 heteroatoms. The molecule has 0 heterocycles. The Kier molecular flexibility index (Phi) is 6.28. The molecule has 0 saturated heterocycles. The summed E-state index contributed by atoms with van der Waals surface area (Å²) in [5.74, 6) is 2.10. The average molecular weight is 343 g/mol. The Morgan fingerprint density at radius 3 is 2.24 bits per heavy atom. The van der Waals surface area contributed by atoms with E-state index in [4.69, 9.17) is 14.2 Å². The SMILES string of the molecule is COc1cc(NC(=O)COc2cc(C(C)C)ccc2C)cc(OC)c1. The van der Waals surface area contributed by atoms with Crippen LogP contribution in [0.1, 0.15) is 30.9 Å². The lowest BCUT2D eigenvalue weighted by Crippen LogP contribution is -2.20. The van der Waals surface area contributed by atoms with Crippen molar-refractivity contribution in [2.75, 3.05) is 26.1 Å². The molecule has 0 aliphatic rings. The van der Waals surface area contributed by atoms with Crippen molar-refractivity contribution >= 4 is 11.6 Å². The van der Waals surface area contributed by atoms with Gasteiger partial charge in [0.25, 0.3) is 5.91 Å². The zero-order chi connectivity index (χ0) is 18.4. The van der Waals surface area contributed by atoms with Gasteiger partial charge >= 0.3 is 0 Å². The molecule has 0 aromatic heterocycles. The summed E-state index contributed by atoms with van der Waals surface area (Å²) in [6.07, 6.45) is 0. The van der Waals surface area contributed by atoms with Gasteiger partial charge in [0.05, 0.1) is 14.2 Å². The summed E-state index contributed by atoms with van der Waals surface area (Å²) in [6.45, 7) is 6.14. The number of anilines is 1. The molecule has 0 fully saturated rings.